The second-order valence-electron chi connectivity index (χ2n) is 4.77. The molecule has 0 atom stereocenters. The quantitative estimate of drug-likeness (QED) is 0.804. The van der Waals surface area contributed by atoms with Crippen LogP contribution in [0.1, 0.15) is 30.9 Å². The number of hydrogen-bond donors (Lipinski definition) is 2. The van der Waals surface area contributed by atoms with E-state index in [9.17, 15) is 4.79 Å². The molecule has 0 amide bonds. The van der Waals surface area contributed by atoms with E-state index >= 15 is 0 Å². The summed E-state index contributed by atoms with van der Waals surface area (Å²) in [6, 6.07) is 0. The number of H-pyrrole nitrogens is 1. The molecular weight excluding hydrogens is 218 g/mol. The molecule has 2 heterocycles. The van der Waals surface area contributed by atoms with Gasteiger partial charge in [-0.15, -0.1) is 0 Å². The van der Waals surface area contributed by atoms with Crippen molar-refractivity contribution in [3.63, 3.8) is 0 Å². The first kappa shape index (κ1) is 12.3. The summed E-state index contributed by atoms with van der Waals surface area (Å²) in [6.07, 6.45) is 0.733. The minimum atomic E-state index is -0.0592. The maximum absolute atomic E-state index is 11.8. The summed E-state index contributed by atoms with van der Waals surface area (Å²) in [5.41, 5.74) is 1.52. The van der Waals surface area contributed by atoms with Crippen LogP contribution in [0.25, 0.3) is 0 Å². The first-order valence-electron chi connectivity index (χ1n) is 6.06. The molecule has 0 aromatic carbocycles. The summed E-state index contributed by atoms with van der Waals surface area (Å²) in [4.78, 5) is 19.1. The second kappa shape index (κ2) is 5.42. The molecule has 0 saturated heterocycles. The van der Waals surface area contributed by atoms with Crippen molar-refractivity contribution in [3.8, 4) is 0 Å². The van der Waals surface area contributed by atoms with E-state index in [4.69, 9.17) is 4.74 Å². The molecule has 5 heteroatoms. The number of ether oxygens (including phenoxy) is 1. The van der Waals surface area contributed by atoms with E-state index in [-0.39, 0.29) is 5.56 Å². The maximum atomic E-state index is 11.8. The van der Waals surface area contributed by atoms with Crippen LogP contribution in [0.5, 0.6) is 0 Å². The largest absolute Gasteiger partial charge is 0.376 e. The average Bonchev–Trinajstić information content (AvgIpc) is 2.28. The fourth-order valence-corrected chi connectivity index (χ4v) is 1.86. The highest BCUT2D eigenvalue weighted by molar-refractivity contribution is 5.19. The van der Waals surface area contributed by atoms with Crippen LogP contribution in [0.2, 0.25) is 0 Å². The number of nitrogens with zero attached hydrogens (tertiary/aromatic N) is 1. The Morgan fingerprint density at radius 1 is 1.53 bits per heavy atom. The lowest BCUT2D eigenvalue weighted by Crippen LogP contribution is -2.28. The van der Waals surface area contributed by atoms with Gasteiger partial charge in [0.05, 0.1) is 31.0 Å². The lowest BCUT2D eigenvalue weighted by molar-refractivity contribution is 0.108. The molecule has 1 aromatic rings. The van der Waals surface area contributed by atoms with Gasteiger partial charge in [-0.1, -0.05) is 13.8 Å². The first-order chi connectivity index (χ1) is 8.16. The molecule has 1 aliphatic rings. The molecule has 0 fully saturated rings. The smallest absolute Gasteiger partial charge is 0.256 e. The first-order valence-corrected chi connectivity index (χ1v) is 6.06. The Morgan fingerprint density at radius 2 is 2.35 bits per heavy atom. The molecule has 1 aromatic heterocycles. The van der Waals surface area contributed by atoms with Crippen LogP contribution >= 0.6 is 0 Å². The molecule has 0 unspecified atom stereocenters. The van der Waals surface area contributed by atoms with Gasteiger partial charge in [0.25, 0.3) is 5.56 Å². The Labute approximate surface area is 101 Å². The molecule has 94 valence electrons. The number of hydrogen-bond acceptors (Lipinski definition) is 4. The number of aromatic nitrogens is 2. The summed E-state index contributed by atoms with van der Waals surface area (Å²) in [5, 5.41) is 3.27. The number of aromatic amines is 1. The summed E-state index contributed by atoms with van der Waals surface area (Å²) < 4.78 is 5.25. The van der Waals surface area contributed by atoms with Crippen LogP contribution < -0.4 is 10.9 Å². The zero-order chi connectivity index (χ0) is 12.3. The van der Waals surface area contributed by atoms with Gasteiger partial charge in [-0.25, -0.2) is 4.98 Å². The van der Waals surface area contributed by atoms with E-state index < -0.39 is 0 Å². The molecule has 17 heavy (non-hydrogen) atoms. The van der Waals surface area contributed by atoms with Gasteiger partial charge in [0, 0.05) is 6.42 Å². The van der Waals surface area contributed by atoms with Gasteiger partial charge >= 0.3 is 0 Å². The molecule has 0 spiro atoms. The van der Waals surface area contributed by atoms with Gasteiger partial charge in [0.1, 0.15) is 5.82 Å². The lowest BCUT2D eigenvalue weighted by atomic mass is 10.1. The zero-order valence-electron chi connectivity index (χ0n) is 10.4. The van der Waals surface area contributed by atoms with Gasteiger partial charge in [-0.3, -0.25) is 4.79 Å². The summed E-state index contributed by atoms with van der Waals surface area (Å²) in [6.45, 7) is 6.87. The van der Waals surface area contributed by atoms with Gasteiger partial charge < -0.3 is 15.0 Å². The van der Waals surface area contributed by atoms with Crippen LogP contribution in [0, 0.1) is 5.92 Å². The molecule has 0 aliphatic carbocycles. The molecule has 5 nitrogen and oxygen atoms in total. The predicted molar refractivity (Wildman–Crippen MR) is 64.8 cm³/mol. The van der Waals surface area contributed by atoms with E-state index in [0.717, 1.165) is 24.5 Å². The van der Waals surface area contributed by atoms with Gasteiger partial charge in [0.2, 0.25) is 0 Å². The number of nitrogens with one attached hydrogen (secondary N) is 2. The minimum absolute atomic E-state index is 0.0592. The predicted octanol–water partition coefficient (Wildman–Crippen LogP) is 0.588. The van der Waals surface area contributed by atoms with Crippen molar-refractivity contribution >= 4 is 0 Å². The summed E-state index contributed by atoms with van der Waals surface area (Å²) >= 11 is 0. The van der Waals surface area contributed by atoms with Crippen molar-refractivity contribution in [3.05, 3.63) is 27.4 Å². The minimum Gasteiger partial charge on any atom is -0.376 e. The number of rotatable bonds is 4. The third-order valence-electron chi connectivity index (χ3n) is 2.72. The van der Waals surface area contributed by atoms with E-state index in [2.05, 4.69) is 29.1 Å². The molecule has 1 aliphatic heterocycles. The normalized spacial score (nSPS) is 15.0. The molecule has 0 bridgehead atoms. The zero-order valence-corrected chi connectivity index (χ0v) is 10.4. The Kier molecular flexibility index (Phi) is 3.91. The SMILES string of the molecule is CC(C)CNCc1nc2c(c(=O)[nH]1)COCC2. The maximum Gasteiger partial charge on any atom is 0.256 e. The lowest BCUT2D eigenvalue weighted by Gasteiger charge is -2.15. The highest BCUT2D eigenvalue weighted by Crippen LogP contribution is 2.09. The monoisotopic (exact) mass is 237 g/mol. The van der Waals surface area contributed by atoms with Crippen molar-refractivity contribution in [1.82, 2.24) is 15.3 Å². The van der Waals surface area contributed by atoms with Crippen molar-refractivity contribution in [2.75, 3.05) is 13.2 Å². The van der Waals surface area contributed by atoms with Crippen molar-refractivity contribution in [2.24, 2.45) is 5.92 Å². The van der Waals surface area contributed by atoms with E-state index in [1.807, 2.05) is 0 Å². The summed E-state index contributed by atoms with van der Waals surface area (Å²) in [5.74, 6) is 1.31. The third kappa shape index (κ3) is 3.14. The standard InChI is InChI=1S/C12H19N3O2/c1-8(2)5-13-6-11-14-10-3-4-17-7-9(10)12(16)15-11/h8,13H,3-7H2,1-2H3,(H,14,15,16). The Balaban J connectivity index is 2.09. The second-order valence-corrected chi connectivity index (χ2v) is 4.77. The number of fused-ring (bicyclic) bond motifs is 1. The van der Waals surface area contributed by atoms with Crippen LogP contribution in [0.15, 0.2) is 4.79 Å². The highest BCUT2D eigenvalue weighted by Gasteiger charge is 2.15. The van der Waals surface area contributed by atoms with Crippen LogP contribution in [0.4, 0.5) is 0 Å². The van der Waals surface area contributed by atoms with Crippen molar-refractivity contribution < 1.29 is 4.74 Å². The Bertz CT molecular complexity index is 440. The fraction of sp³-hybridized carbons (Fsp3) is 0.667. The topological polar surface area (TPSA) is 67.0 Å². The van der Waals surface area contributed by atoms with E-state index in [1.165, 1.54) is 0 Å². The highest BCUT2D eigenvalue weighted by atomic mass is 16.5. The van der Waals surface area contributed by atoms with Crippen LogP contribution in [0.3, 0.4) is 0 Å². The molecule has 2 rings (SSSR count). The van der Waals surface area contributed by atoms with Crippen molar-refractivity contribution in [1.29, 1.82) is 0 Å². The molecule has 0 saturated carbocycles. The van der Waals surface area contributed by atoms with Gasteiger partial charge in [-0.2, -0.15) is 0 Å². The van der Waals surface area contributed by atoms with E-state index in [0.29, 0.717) is 31.2 Å². The Hall–Kier alpha value is -1.20. The van der Waals surface area contributed by atoms with Gasteiger partial charge in [-0.05, 0) is 12.5 Å². The fourth-order valence-electron chi connectivity index (χ4n) is 1.86. The summed E-state index contributed by atoms with van der Waals surface area (Å²) in [7, 11) is 0. The Morgan fingerprint density at radius 3 is 3.12 bits per heavy atom. The average molecular weight is 237 g/mol. The van der Waals surface area contributed by atoms with Gasteiger partial charge in [0.15, 0.2) is 0 Å². The molecule has 2 N–H and O–H groups in total. The van der Waals surface area contributed by atoms with Crippen LogP contribution in [-0.2, 0) is 24.3 Å². The third-order valence-corrected chi connectivity index (χ3v) is 2.72. The molecular formula is C12H19N3O2. The van der Waals surface area contributed by atoms with Crippen LogP contribution in [-0.4, -0.2) is 23.1 Å². The van der Waals surface area contributed by atoms with E-state index in [1.54, 1.807) is 0 Å². The molecule has 0 radical (unpaired) electrons. The van der Waals surface area contributed by atoms with Crippen molar-refractivity contribution in [2.45, 2.75) is 33.4 Å².